The van der Waals surface area contributed by atoms with Gasteiger partial charge in [0.1, 0.15) is 0 Å². The molecule has 5 heteroatoms. The van der Waals surface area contributed by atoms with Gasteiger partial charge >= 0.3 is 0 Å². The Hall–Kier alpha value is -3.21. The van der Waals surface area contributed by atoms with E-state index < -0.39 is 0 Å². The van der Waals surface area contributed by atoms with Gasteiger partial charge in [-0.1, -0.05) is 36.4 Å². The fourth-order valence-corrected chi connectivity index (χ4v) is 1.90. The van der Waals surface area contributed by atoms with Gasteiger partial charge in [-0.2, -0.15) is 0 Å². The van der Waals surface area contributed by atoms with Gasteiger partial charge in [0.2, 0.25) is 5.95 Å². The van der Waals surface area contributed by atoms with E-state index in [1.54, 1.807) is 24.5 Å². The molecule has 3 aromatic rings. The molecule has 0 unspecified atom stereocenters. The van der Waals surface area contributed by atoms with Crippen molar-refractivity contribution in [2.45, 2.75) is 0 Å². The molecule has 0 aliphatic rings. The minimum atomic E-state index is -0.187. The first-order valence-electron chi connectivity index (χ1n) is 6.82. The molecule has 0 fully saturated rings. The van der Waals surface area contributed by atoms with Gasteiger partial charge in [-0.05, 0) is 24.3 Å². The summed E-state index contributed by atoms with van der Waals surface area (Å²) in [5.74, 6) is 0.289. The molecule has 1 amide bonds. The maximum atomic E-state index is 12.0. The van der Waals surface area contributed by atoms with Crippen LogP contribution < -0.4 is 10.6 Å². The third-order valence-electron chi connectivity index (χ3n) is 2.98. The van der Waals surface area contributed by atoms with Gasteiger partial charge in [0, 0.05) is 11.3 Å². The Morgan fingerprint density at radius 1 is 0.773 bits per heavy atom. The number of nitrogens with one attached hydrogen (secondary N) is 2. The highest BCUT2D eigenvalue weighted by Crippen LogP contribution is 2.13. The van der Waals surface area contributed by atoms with E-state index in [4.69, 9.17) is 0 Å². The Morgan fingerprint density at radius 3 is 2.00 bits per heavy atom. The predicted octanol–water partition coefficient (Wildman–Crippen LogP) is 3.47. The molecule has 0 atom stereocenters. The van der Waals surface area contributed by atoms with Crippen LogP contribution in [0.4, 0.5) is 17.3 Å². The average Bonchev–Trinajstić information content (AvgIpc) is 2.58. The van der Waals surface area contributed by atoms with Gasteiger partial charge in [0.05, 0.1) is 18.1 Å². The van der Waals surface area contributed by atoms with E-state index in [1.165, 1.54) is 0 Å². The summed E-state index contributed by atoms with van der Waals surface area (Å²) in [7, 11) is 0. The fraction of sp³-hybridized carbons (Fsp3) is 0. The molecular formula is C17H14N4O. The summed E-state index contributed by atoms with van der Waals surface area (Å²) in [6, 6.07) is 18.6. The first-order valence-corrected chi connectivity index (χ1v) is 6.82. The standard InChI is InChI=1S/C17H14N4O/c22-16(13-7-3-1-4-8-13)20-15-11-18-17(19-12-15)21-14-9-5-2-6-10-14/h1-12H,(H,20,22)(H,18,19,21). The first-order chi connectivity index (χ1) is 10.8. The van der Waals surface area contributed by atoms with E-state index in [2.05, 4.69) is 20.6 Å². The van der Waals surface area contributed by atoms with E-state index in [0.717, 1.165) is 5.69 Å². The minimum Gasteiger partial charge on any atom is -0.324 e. The Labute approximate surface area is 128 Å². The van der Waals surface area contributed by atoms with Crippen LogP contribution in [0, 0.1) is 0 Å². The van der Waals surface area contributed by atoms with Crippen LogP contribution in [0.2, 0.25) is 0 Å². The van der Waals surface area contributed by atoms with Gasteiger partial charge < -0.3 is 10.6 Å². The number of anilines is 3. The number of carbonyl (C=O) groups is 1. The van der Waals surface area contributed by atoms with Gasteiger partial charge in [0.25, 0.3) is 5.91 Å². The number of rotatable bonds is 4. The van der Waals surface area contributed by atoms with Crippen LogP contribution in [0.1, 0.15) is 10.4 Å². The van der Waals surface area contributed by atoms with Crippen LogP contribution in [0.15, 0.2) is 73.1 Å². The van der Waals surface area contributed by atoms with Crippen molar-refractivity contribution in [3.05, 3.63) is 78.6 Å². The minimum absolute atomic E-state index is 0.187. The number of nitrogens with zero attached hydrogens (tertiary/aromatic N) is 2. The quantitative estimate of drug-likeness (QED) is 0.772. The first kappa shape index (κ1) is 13.8. The SMILES string of the molecule is O=C(Nc1cnc(Nc2ccccc2)nc1)c1ccccc1. The summed E-state index contributed by atoms with van der Waals surface area (Å²) in [5, 5.41) is 5.84. The molecule has 0 spiro atoms. The van der Waals surface area contributed by atoms with E-state index in [0.29, 0.717) is 17.2 Å². The van der Waals surface area contributed by atoms with Gasteiger partial charge in [-0.3, -0.25) is 4.79 Å². The van der Waals surface area contributed by atoms with Crippen LogP contribution in [0.3, 0.4) is 0 Å². The second kappa shape index (κ2) is 6.49. The van der Waals surface area contributed by atoms with E-state index in [-0.39, 0.29) is 5.91 Å². The van der Waals surface area contributed by atoms with Crippen molar-refractivity contribution < 1.29 is 4.79 Å². The van der Waals surface area contributed by atoms with Crippen molar-refractivity contribution in [3.63, 3.8) is 0 Å². The maximum Gasteiger partial charge on any atom is 0.255 e. The van der Waals surface area contributed by atoms with Crippen molar-refractivity contribution >= 4 is 23.2 Å². The van der Waals surface area contributed by atoms with Gasteiger partial charge in [-0.25, -0.2) is 9.97 Å². The highest BCUT2D eigenvalue weighted by atomic mass is 16.1. The maximum absolute atomic E-state index is 12.0. The second-order valence-electron chi connectivity index (χ2n) is 4.61. The summed E-state index contributed by atoms with van der Waals surface area (Å²) in [4.78, 5) is 20.4. The summed E-state index contributed by atoms with van der Waals surface area (Å²) in [6.07, 6.45) is 3.14. The highest BCUT2D eigenvalue weighted by molar-refractivity contribution is 6.04. The zero-order valence-electron chi connectivity index (χ0n) is 11.7. The third-order valence-corrected chi connectivity index (χ3v) is 2.98. The normalized spacial score (nSPS) is 10.0. The fourth-order valence-electron chi connectivity index (χ4n) is 1.90. The van der Waals surface area contributed by atoms with Gasteiger partial charge in [0.15, 0.2) is 0 Å². The molecule has 0 aliphatic carbocycles. The molecule has 108 valence electrons. The monoisotopic (exact) mass is 290 g/mol. The molecule has 1 heterocycles. The molecule has 2 aromatic carbocycles. The lowest BCUT2D eigenvalue weighted by Crippen LogP contribution is -2.12. The molecule has 0 bridgehead atoms. The summed E-state index contributed by atoms with van der Waals surface area (Å²) < 4.78 is 0. The lowest BCUT2D eigenvalue weighted by Gasteiger charge is -2.07. The Balaban J connectivity index is 1.66. The van der Waals surface area contributed by atoms with Crippen molar-refractivity contribution in [2.24, 2.45) is 0 Å². The number of hydrogen-bond acceptors (Lipinski definition) is 4. The molecule has 1 aromatic heterocycles. The number of aromatic nitrogens is 2. The van der Waals surface area contributed by atoms with Crippen molar-refractivity contribution in [1.82, 2.24) is 9.97 Å². The van der Waals surface area contributed by atoms with Crippen molar-refractivity contribution in [2.75, 3.05) is 10.6 Å². The molecule has 22 heavy (non-hydrogen) atoms. The van der Waals surface area contributed by atoms with E-state index in [9.17, 15) is 4.79 Å². The molecule has 0 radical (unpaired) electrons. The summed E-state index contributed by atoms with van der Waals surface area (Å²) in [6.45, 7) is 0. The van der Waals surface area contributed by atoms with Crippen LogP contribution >= 0.6 is 0 Å². The Bertz CT molecular complexity index is 743. The number of para-hydroxylation sites is 1. The average molecular weight is 290 g/mol. The zero-order valence-corrected chi connectivity index (χ0v) is 11.7. The zero-order chi connectivity index (χ0) is 15.2. The molecule has 2 N–H and O–H groups in total. The van der Waals surface area contributed by atoms with Crippen LogP contribution in [-0.4, -0.2) is 15.9 Å². The van der Waals surface area contributed by atoms with E-state index in [1.807, 2.05) is 48.5 Å². The molecule has 3 rings (SSSR count). The lowest BCUT2D eigenvalue weighted by molar-refractivity contribution is 0.102. The number of hydrogen-bond donors (Lipinski definition) is 2. The summed E-state index contributed by atoms with van der Waals surface area (Å²) in [5.41, 5.74) is 2.05. The number of carbonyl (C=O) groups excluding carboxylic acids is 1. The third kappa shape index (κ3) is 3.46. The van der Waals surface area contributed by atoms with Crippen molar-refractivity contribution in [3.8, 4) is 0 Å². The lowest BCUT2D eigenvalue weighted by atomic mass is 10.2. The smallest absolute Gasteiger partial charge is 0.255 e. The molecular weight excluding hydrogens is 276 g/mol. The molecule has 0 saturated carbocycles. The van der Waals surface area contributed by atoms with Gasteiger partial charge in [-0.15, -0.1) is 0 Å². The number of amides is 1. The Morgan fingerprint density at radius 2 is 1.36 bits per heavy atom. The highest BCUT2D eigenvalue weighted by Gasteiger charge is 2.06. The molecule has 0 aliphatic heterocycles. The Kier molecular flexibility index (Phi) is 4.06. The topological polar surface area (TPSA) is 66.9 Å². The van der Waals surface area contributed by atoms with Crippen LogP contribution in [0.5, 0.6) is 0 Å². The van der Waals surface area contributed by atoms with Crippen LogP contribution in [0.25, 0.3) is 0 Å². The molecule has 5 nitrogen and oxygen atoms in total. The van der Waals surface area contributed by atoms with E-state index >= 15 is 0 Å². The van der Waals surface area contributed by atoms with Crippen molar-refractivity contribution in [1.29, 1.82) is 0 Å². The second-order valence-corrected chi connectivity index (χ2v) is 4.61. The molecule has 0 saturated heterocycles. The number of benzene rings is 2. The largest absolute Gasteiger partial charge is 0.324 e. The summed E-state index contributed by atoms with van der Waals surface area (Å²) >= 11 is 0. The predicted molar refractivity (Wildman–Crippen MR) is 86.2 cm³/mol. The van der Waals surface area contributed by atoms with Crippen LogP contribution in [-0.2, 0) is 0 Å².